The van der Waals surface area contributed by atoms with Crippen LogP contribution in [0.1, 0.15) is 39.7 Å². The first kappa shape index (κ1) is 27.8. The van der Waals surface area contributed by atoms with Crippen LogP contribution < -0.4 is 0 Å². The first-order valence-corrected chi connectivity index (χ1v) is 16.1. The zero-order chi connectivity index (χ0) is 28.3. The van der Waals surface area contributed by atoms with Gasteiger partial charge in [-0.25, -0.2) is 4.98 Å². The van der Waals surface area contributed by atoms with E-state index in [9.17, 15) is 9.00 Å². The number of piperidine rings is 1. The molecule has 1 fully saturated rings. The Bertz CT molecular complexity index is 1710. The summed E-state index contributed by atoms with van der Waals surface area (Å²) < 4.78 is 18.5. The Labute approximate surface area is 254 Å². The van der Waals surface area contributed by atoms with Crippen molar-refractivity contribution < 1.29 is 13.5 Å². The van der Waals surface area contributed by atoms with Crippen molar-refractivity contribution in [2.24, 2.45) is 0 Å². The topological polar surface area (TPSA) is 76.3 Å². The standard InChI is InChI=1S/C31H25Cl2N3O3S2/c32-25-11-10-21(16-26(25)33)27-17-29(39-35-27)28-18-40-30(34-28)20-12-14-36(15-13-20)31(37)24-9-5-4-6-22(24)19-41(38)23-7-2-1-3-8-23/h1-11,16-18,20H,12-15,19H2. The molecule has 6 rings (SSSR count). The molecule has 1 atom stereocenters. The fraction of sp³-hybridized carbons (Fsp3) is 0.194. The fourth-order valence-electron chi connectivity index (χ4n) is 4.93. The van der Waals surface area contributed by atoms with Gasteiger partial charge in [-0.1, -0.05) is 70.8 Å². The number of likely N-dealkylation sites (tertiary alicyclic amines) is 1. The van der Waals surface area contributed by atoms with Crippen molar-refractivity contribution in [2.45, 2.75) is 29.4 Å². The highest BCUT2D eigenvalue weighted by Gasteiger charge is 2.28. The van der Waals surface area contributed by atoms with E-state index in [1.165, 1.54) is 0 Å². The molecule has 5 aromatic rings. The molecule has 10 heteroatoms. The number of hydrogen-bond acceptors (Lipinski definition) is 6. The molecule has 3 heterocycles. The highest BCUT2D eigenvalue weighted by molar-refractivity contribution is 7.84. The van der Waals surface area contributed by atoms with E-state index < -0.39 is 10.8 Å². The van der Waals surface area contributed by atoms with Gasteiger partial charge in [-0.05, 0) is 48.7 Å². The van der Waals surface area contributed by atoms with E-state index >= 15 is 0 Å². The van der Waals surface area contributed by atoms with Crippen molar-refractivity contribution in [1.29, 1.82) is 0 Å². The molecule has 0 N–H and O–H groups in total. The second kappa shape index (κ2) is 12.3. The smallest absolute Gasteiger partial charge is 0.254 e. The van der Waals surface area contributed by atoms with Crippen LogP contribution in [0, 0.1) is 0 Å². The van der Waals surface area contributed by atoms with Crippen LogP contribution in [0.2, 0.25) is 10.0 Å². The Hall–Kier alpha value is -3.30. The van der Waals surface area contributed by atoms with E-state index in [2.05, 4.69) is 5.16 Å². The molecule has 3 aromatic carbocycles. The normalized spacial score (nSPS) is 14.7. The molecule has 1 aliphatic heterocycles. The molecule has 6 nitrogen and oxygen atoms in total. The van der Waals surface area contributed by atoms with Gasteiger partial charge < -0.3 is 9.42 Å². The lowest BCUT2D eigenvalue weighted by Gasteiger charge is -2.31. The van der Waals surface area contributed by atoms with E-state index in [-0.39, 0.29) is 11.8 Å². The molecule has 41 heavy (non-hydrogen) atoms. The van der Waals surface area contributed by atoms with Crippen molar-refractivity contribution in [1.82, 2.24) is 15.0 Å². The van der Waals surface area contributed by atoms with E-state index in [0.29, 0.717) is 45.9 Å². The minimum absolute atomic E-state index is 0.0135. The summed E-state index contributed by atoms with van der Waals surface area (Å²) in [6.07, 6.45) is 1.64. The third-order valence-corrected chi connectivity index (χ3v) is 10.3. The van der Waals surface area contributed by atoms with Gasteiger partial charge in [0.25, 0.3) is 5.91 Å². The van der Waals surface area contributed by atoms with Crippen molar-refractivity contribution in [3.05, 3.63) is 110 Å². The van der Waals surface area contributed by atoms with Crippen LogP contribution in [0.3, 0.4) is 0 Å². The summed E-state index contributed by atoms with van der Waals surface area (Å²) in [6.45, 7) is 1.27. The van der Waals surface area contributed by atoms with Gasteiger partial charge in [-0.15, -0.1) is 11.3 Å². The second-order valence-corrected chi connectivity index (χ2v) is 13.0. The van der Waals surface area contributed by atoms with E-state index in [4.69, 9.17) is 32.7 Å². The molecule has 0 bridgehead atoms. The van der Waals surface area contributed by atoms with Gasteiger partial charge in [0.2, 0.25) is 0 Å². The maximum atomic E-state index is 13.5. The summed E-state index contributed by atoms with van der Waals surface area (Å²) in [5, 5.41) is 8.13. The number of nitrogens with zero attached hydrogens (tertiary/aromatic N) is 3. The number of hydrogen-bond donors (Lipinski definition) is 0. The van der Waals surface area contributed by atoms with Crippen LogP contribution in [-0.4, -0.2) is 38.2 Å². The molecule has 2 aromatic heterocycles. The third kappa shape index (κ3) is 6.16. The summed E-state index contributed by atoms with van der Waals surface area (Å²) in [5.41, 5.74) is 3.64. The minimum atomic E-state index is -1.22. The predicted octanol–water partition coefficient (Wildman–Crippen LogP) is 8.10. The van der Waals surface area contributed by atoms with Crippen LogP contribution in [0.4, 0.5) is 0 Å². The van der Waals surface area contributed by atoms with Gasteiger partial charge in [0.05, 0.1) is 31.6 Å². The Kier molecular flexibility index (Phi) is 8.35. The van der Waals surface area contributed by atoms with E-state index in [1.54, 1.807) is 23.5 Å². The summed E-state index contributed by atoms with van der Waals surface area (Å²) in [4.78, 5) is 21.0. The molecule has 0 saturated carbocycles. The van der Waals surface area contributed by atoms with Crippen molar-refractivity contribution in [3.8, 4) is 22.7 Å². The summed E-state index contributed by atoms with van der Waals surface area (Å²) in [5.74, 6) is 1.14. The molecule has 1 amide bonds. The quantitative estimate of drug-likeness (QED) is 0.183. The highest BCUT2D eigenvalue weighted by Crippen LogP contribution is 2.35. The summed E-state index contributed by atoms with van der Waals surface area (Å²) in [6, 6.07) is 24.0. The average molecular weight is 623 g/mol. The van der Waals surface area contributed by atoms with E-state index in [1.807, 2.05) is 77.0 Å². The van der Waals surface area contributed by atoms with Crippen molar-refractivity contribution in [3.63, 3.8) is 0 Å². The van der Waals surface area contributed by atoms with Crippen molar-refractivity contribution >= 4 is 51.2 Å². The van der Waals surface area contributed by atoms with Gasteiger partial charge in [0.15, 0.2) is 5.76 Å². The lowest BCUT2D eigenvalue weighted by atomic mass is 9.96. The maximum Gasteiger partial charge on any atom is 0.254 e. The Morgan fingerprint density at radius 2 is 1.71 bits per heavy atom. The van der Waals surface area contributed by atoms with Crippen LogP contribution in [0.25, 0.3) is 22.7 Å². The van der Waals surface area contributed by atoms with Gasteiger partial charge in [-0.3, -0.25) is 9.00 Å². The average Bonchev–Trinajstić information content (AvgIpc) is 3.70. The van der Waals surface area contributed by atoms with Gasteiger partial charge >= 0.3 is 0 Å². The molecule has 208 valence electrons. The second-order valence-electron chi connectivity index (χ2n) is 9.80. The molecule has 1 saturated heterocycles. The number of halogens is 2. The summed E-state index contributed by atoms with van der Waals surface area (Å²) >= 11 is 13.8. The highest BCUT2D eigenvalue weighted by atomic mass is 35.5. The van der Waals surface area contributed by atoms with Crippen molar-refractivity contribution in [2.75, 3.05) is 13.1 Å². The van der Waals surface area contributed by atoms with Crippen LogP contribution in [-0.2, 0) is 16.6 Å². The SMILES string of the molecule is O=C(c1ccccc1CS(=O)c1ccccc1)N1CCC(c2nc(-c3cc(-c4ccc(Cl)c(Cl)c4)no3)cs2)CC1. The molecule has 1 aliphatic rings. The minimum Gasteiger partial charge on any atom is -0.354 e. The summed E-state index contributed by atoms with van der Waals surface area (Å²) in [7, 11) is -1.22. The molecular formula is C31H25Cl2N3O3S2. The molecule has 1 unspecified atom stereocenters. The predicted molar refractivity (Wildman–Crippen MR) is 164 cm³/mol. The Morgan fingerprint density at radius 1 is 0.951 bits per heavy atom. The molecule has 0 radical (unpaired) electrons. The molecule has 0 aliphatic carbocycles. The van der Waals surface area contributed by atoms with Gasteiger partial charge in [-0.2, -0.15) is 0 Å². The molecular weight excluding hydrogens is 597 g/mol. The van der Waals surface area contributed by atoms with Crippen LogP contribution in [0.15, 0.2) is 93.7 Å². The van der Waals surface area contributed by atoms with Crippen LogP contribution >= 0.6 is 34.5 Å². The zero-order valence-electron chi connectivity index (χ0n) is 21.8. The number of carbonyl (C=O) groups excluding carboxylic acids is 1. The first-order valence-electron chi connectivity index (χ1n) is 13.1. The fourth-order valence-corrected chi connectivity index (χ4v) is 7.37. The number of aromatic nitrogens is 2. The Morgan fingerprint density at radius 3 is 2.49 bits per heavy atom. The third-order valence-electron chi connectivity index (χ3n) is 7.17. The largest absolute Gasteiger partial charge is 0.354 e. The first-order chi connectivity index (χ1) is 20.0. The lowest BCUT2D eigenvalue weighted by Crippen LogP contribution is -2.38. The monoisotopic (exact) mass is 621 g/mol. The molecule has 0 spiro atoms. The number of carbonyl (C=O) groups is 1. The van der Waals surface area contributed by atoms with Gasteiger partial charge in [0.1, 0.15) is 11.4 Å². The van der Waals surface area contributed by atoms with E-state index in [0.717, 1.165) is 39.6 Å². The van der Waals surface area contributed by atoms with Gasteiger partial charge in [0, 0.05) is 46.5 Å². The number of benzene rings is 3. The zero-order valence-corrected chi connectivity index (χ0v) is 25.0. The van der Waals surface area contributed by atoms with Crippen LogP contribution in [0.5, 0.6) is 0 Å². The number of thiazole rings is 1. The lowest BCUT2D eigenvalue weighted by molar-refractivity contribution is 0.0712. The maximum absolute atomic E-state index is 13.5. The number of rotatable bonds is 7. The number of amides is 1. The Balaban J connectivity index is 1.10.